The number of aliphatic carboxylic acids is 1. The molecular weight excluding hydrogens is 348 g/mol. The van der Waals surface area contributed by atoms with Gasteiger partial charge in [0, 0.05) is 12.5 Å². The normalized spacial score (nSPS) is 12.6. The maximum atomic E-state index is 12.3. The summed E-state index contributed by atoms with van der Waals surface area (Å²) in [5.74, 6) is -1.83. The number of rotatable bonds is 7. The van der Waals surface area contributed by atoms with Crippen LogP contribution in [0.3, 0.4) is 0 Å². The van der Waals surface area contributed by atoms with Crippen molar-refractivity contribution in [3.63, 3.8) is 0 Å². The van der Waals surface area contributed by atoms with Crippen LogP contribution in [0.25, 0.3) is 0 Å². The molecular formula is C16H18N2O6S. The second-order valence-corrected chi connectivity index (χ2v) is 7.11. The zero-order chi connectivity index (χ0) is 18.6. The lowest BCUT2D eigenvalue weighted by molar-refractivity contribution is -0.139. The number of amides is 1. The van der Waals surface area contributed by atoms with E-state index in [4.69, 9.17) is 4.42 Å². The van der Waals surface area contributed by atoms with Gasteiger partial charge in [-0.05, 0) is 19.5 Å². The minimum atomic E-state index is -3.84. The molecule has 9 heteroatoms. The van der Waals surface area contributed by atoms with Crippen LogP contribution in [0.5, 0.6) is 0 Å². The molecule has 1 aromatic heterocycles. The first-order valence-corrected chi connectivity index (χ1v) is 8.84. The van der Waals surface area contributed by atoms with Gasteiger partial charge in [0.15, 0.2) is 0 Å². The van der Waals surface area contributed by atoms with Gasteiger partial charge in [-0.15, -0.1) is 0 Å². The minimum absolute atomic E-state index is 0.0341. The summed E-state index contributed by atoms with van der Waals surface area (Å²) in [7, 11) is -2.62. The molecule has 0 aliphatic rings. The predicted octanol–water partition coefficient (Wildman–Crippen LogP) is 0.922. The van der Waals surface area contributed by atoms with Gasteiger partial charge < -0.3 is 14.8 Å². The van der Waals surface area contributed by atoms with Crippen molar-refractivity contribution in [2.75, 3.05) is 7.05 Å². The average Bonchev–Trinajstić information content (AvgIpc) is 2.98. The first-order valence-electron chi connectivity index (χ1n) is 7.36. The fourth-order valence-corrected chi connectivity index (χ4v) is 2.91. The van der Waals surface area contributed by atoms with Crippen LogP contribution in [-0.4, -0.2) is 38.5 Å². The molecule has 2 rings (SSSR count). The van der Waals surface area contributed by atoms with Gasteiger partial charge in [0.25, 0.3) is 15.9 Å². The number of furan rings is 1. The topological polar surface area (TPSA) is 126 Å². The lowest BCUT2D eigenvalue weighted by atomic mass is 10.1. The van der Waals surface area contributed by atoms with Crippen LogP contribution >= 0.6 is 0 Å². The van der Waals surface area contributed by atoms with E-state index >= 15 is 0 Å². The Morgan fingerprint density at radius 3 is 2.44 bits per heavy atom. The quantitative estimate of drug-likeness (QED) is 0.669. The molecule has 25 heavy (non-hydrogen) atoms. The van der Waals surface area contributed by atoms with E-state index in [2.05, 4.69) is 10.0 Å². The van der Waals surface area contributed by atoms with Gasteiger partial charge in [0.1, 0.15) is 11.8 Å². The maximum Gasteiger partial charge on any atom is 0.326 e. The Morgan fingerprint density at radius 2 is 1.88 bits per heavy atom. The number of aryl methyl sites for hydroxylation is 1. The summed E-state index contributed by atoms with van der Waals surface area (Å²) in [6.07, 6.45) is 0.0977. The van der Waals surface area contributed by atoms with Gasteiger partial charge in [0.05, 0.1) is 5.56 Å². The Balaban J connectivity index is 2.20. The molecule has 0 bridgehead atoms. The van der Waals surface area contributed by atoms with Crippen molar-refractivity contribution in [1.29, 1.82) is 0 Å². The third-order valence-electron chi connectivity index (χ3n) is 3.56. The van der Waals surface area contributed by atoms with Crippen LogP contribution in [0, 0.1) is 6.92 Å². The van der Waals surface area contributed by atoms with Crippen LogP contribution in [0.2, 0.25) is 0 Å². The van der Waals surface area contributed by atoms with E-state index in [1.165, 1.54) is 14.0 Å². The highest BCUT2D eigenvalue weighted by molar-refractivity contribution is 7.89. The Bertz CT molecular complexity index is 873. The number of carboxylic acids is 1. The average molecular weight is 366 g/mol. The predicted molar refractivity (Wildman–Crippen MR) is 88.7 cm³/mol. The Hall–Kier alpha value is -2.65. The van der Waals surface area contributed by atoms with E-state index in [0.29, 0.717) is 0 Å². The van der Waals surface area contributed by atoms with Crippen molar-refractivity contribution in [3.05, 3.63) is 53.3 Å². The zero-order valence-corrected chi connectivity index (χ0v) is 14.5. The summed E-state index contributed by atoms with van der Waals surface area (Å²) in [4.78, 5) is 23.8. The largest absolute Gasteiger partial charge is 0.480 e. The maximum absolute atomic E-state index is 12.3. The highest BCUT2D eigenvalue weighted by atomic mass is 32.2. The van der Waals surface area contributed by atoms with Gasteiger partial charge in [-0.2, -0.15) is 0 Å². The van der Waals surface area contributed by atoms with Crippen molar-refractivity contribution in [2.24, 2.45) is 0 Å². The third kappa shape index (κ3) is 4.46. The Labute approximate surface area is 144 Å². The van der Waals surface area contributed by atoms with E-state index < -0.39 is 33.0 Å². The second-order valence-electron chi connectivity index (χ2n) is 5.30. The monoisotopic (exact) mass is 366 g/mol. The number of hydrogen-bond acceptors (Lipinski definition) is 5. The molecule has 0 saturated heterocycles. The summed E-state index contributed by atoms with van der Waals surface area (Å²) in [5, 5.41) is 11.3. The van der Waals surface area contributed by atoms with Gasteiger partial charge >= 0.3 is 5.97 Å². The van der Waals surface area contributed by atoms with Gasteiger partial charge in [-0.1, -0.05) is 30.3 Å². The van der Waals surface area contributed by atoms with Crippen molar-refractivity contribution in [2.45, 2.75) is 24.5 Å². The van der Waals surface area contributed by atoms with Crippen molar-refractivity contribution >= 4 is 21.9 Å². The lowest BCUT2D eigenvalue weighted by Gasteiger charge is -2.14. The van der Waals surface area contributed by atoms with Crippen LogP contribution in [0.4, 0.5) is 0 Å². The SMILES string of the molecule is CNS(=O)(=O)c1cc(C(=O)N[C@H](Cc2ccccc2)C(=O)O)c(C)o1. The zero-order valence-electron chi connectivity index (χ0n) is 13.6. The number of nitrogens with one attached hydrogen (secondary N) is 2. The number of carboxylic acid groups (broad SMARTS) is 1. The van der Waals surface area contributed by atoms with Gasteiger partial charge in [0.2, 0.25) is 5.09 Å². The van der Waals surface area contributed by atoms with Gasteiger partial charge in [-0.25, -0.2) is 17.9 Å². The smallest absolute Gasteiger partial charge is 0.326 e. The number of sulfonamides is 1. The molecule has 134 valence electrons. The summed E-state index contributed by atoms with van der Waals surface area (Å²) >= 11 is 0. The molecule has 0 aliphatic carbocycles. The molecule has 1 aromatic carbocycles. The number of benzene rings is 1. The molecule has 2 aromatic rings. The van der Waals surface area contributed by atoms with E-state index in [1.807, 2.05) is 0 Å². The highest BCUT2D eigenvalue weighted by Gasteiger charge is 2.26. The summed E-state index contributed by atoms with van der Waals surface area (Å²) in [6.45, 7) is 1.43. The molecule has 1 amide bonds. The third-order valence-corrected chi connectivity index (χ3v) is 4.83. The minimum Gasteiger partial charge on any atom is -0.480 e. The molecule has 0 radical (unpaired) electrons. The van der Waals surface area contributed by atoms with Gasteiger partial charge in [-0.3, -0.25) is 4.79 Å². The molecule has 8 nitrogen and oxygen atoms in total. The summed E-state index contributed by atoms with van der Waals surface area (Å²) in [5.41, 5.74) is 0.714. The lowest BCUT2D eigenvalue weighted by Crippen LogP contribution is -2.42. The van der Waals surface area contributed by atoms with Crippen LogP contribution in [-0.2, 0) is 21.2 Å². The highest BCUT2D eigenvalue weighted by Crippen LogP contribution is 2.19. The Kier molecular flexibility index (Phi) is 5.60. The van der Waals surface area contributed by atoms with Crippen molar-refractivity contribution in [3.8, 4) is 0 Å². The fourth-order valence-electron chi connectivity index (χ4n) is 2.20. The van der Waals surface area contributed by atoms with Crippen molar-refractivity contribution < 1.29 is 27.5 Å². The van der Waals surface area contributed by atoms with E-state index in [1.54, 1.807) is 30.3 Å². The molecule has 0 aliphatic heterocycles. The summed E-state index contributed by atoms with van der Waals surface area (Å²) in [6, 6.07) is 8.75. The number of carbonyl (C=O) groups is 2. The Morgan fingerprint density at radius 1 is 1.24 bits per heavy atom. The van der Waals surface area contributed by atoms with E-state index in [0.717, 1.165) is 11.6 Å². The number of carbonyl (C=O) groups excluding carboxylic acids is 1. The second kappa shape index (κ2) is 7.49. The molecule has 0 fully saturated rings. The van der Waals surface area contributed by atoms with Crippen LogP contribution < -0.4 is 10.0 Å². The molecule has 0 saturated carbocycles. The van der Waals surface area contributed by atoms with E-state index in [-0.39, 0.29) is 17.7 Å². The first-order chi connectivity index (χ1) is 11.7. The molecule has 0 unspecified atom stereocenters. The van der Waals surface area contributed by atoms with E-state index in [9.17, 15) is 23.1 Å². The molecule has 3 N–H and O–H groups in total. The van der Waals surface area contributed by atoms with Crippen LogP contribution in [0.15, 0.2) is 45.9 Å². The standard InChI is InChI=1S/C16H18N2O6S/c1-10-12(9-14(24-10)25(22,23)17-2)15(19)18-13(16(20)21)8-11-6-4-3-5-7-11/h3-7,9,13,17H,8H2,1-2H3,(H,18,19)(H,20,21)/t13-/m1/s1. The first kappa shape index (κ1) is 18.7. The molecule has 1 heterocycles. The molecule has 1 atom stereocenters. The molecule has 0 spiro atoms. The fraction of sp³-hybridized carbons (Fsp3) is 0.250. The van der Waals surface area contributed by atoms with Crippen molar-refractivity contribution in [1.82, 2.24) is 10.0 Å². The van der Waals surface area contributed by atoms with Crippen LogP contribution in [0.1, 0.15) is 21.7 Å². The number of hydrogen-bond donors (Lipinski definition) is 3. The summed E-state index contributed by atoms with van der Waals surface area (Å²) < 4.78 is 30.6.